The van der Waals surface area contributed by atoms with Crippen molar-refractivity contribution < 1.29 is 9.13 Å². The van der Waals surface area contributed by atoms with Crippen molar-refractivity contribution in [3.8, 4) is 5.75 Å². The minimum absolute atomic E-state index is 0.288. The van der Waals surface area contributed by atoms with Gasteiger partial charge in [0.15, 0.2) is 0 Å². The van der Waals surface area contributed by atoms with E-state index in [0.29, 0.717) is 17.4 Å². The molecular formula is C12H13FN4O. The van der Waals surface area contributed by atoms with Crippen LogP contribution in [0.15, 0.2) is 36.4 Å². The smallest absolute Gasteiger partial charge is 0.146 e. The average Bonchev–Trinajstić information content (AvgIpc) is 2.41. The van der Waals surface area contributed by atoms with Crippen LogP contribution in [0.2, 0.25) is 0 Å². The fraction of sp³-hybridized carbons (Fsp3) is 0.0833. The first-order valence-electron chi connectivity index (χ1n) is 5.27. The number of hydrogen-bond donors (Lipinski definition) is 3. The Morgan fingerprint density at radius 1 is 1.22 bits per heavy atom. The lowest BCUT2D eigenvalue weighted by Crippen LogP contribution is -2.09. The molecule has 0 amide bonds. The number of pyridine rings is 1. The van der Waals surface area contributed by atoms with Crippen LogP contribution in [0, 0.1) is 5.82 Å². The van der Waals surface area contributed by atoms with Crippen molar-refractivity contribution in [3.05, 3.63) is 42.2 Å². The first-order chi connectivity index (χ1) is 8.72. The molecule has 6 heteroatoms. The van der Waals surface area contributed by atoms with Crippen LogP contribution in [0.1, 0.15) is 0 Å². The van der Waals surface area contributed by atoms with Gasteiger partial charge in [-0.3, -0.25) is 0 Å². The monoisotopic (exact) mass is 248 g/mol. The zero-order valence-corrected chi connectivity index (χ0v) is 9.77. The third-order valence-corrected chi connectivity index (χ3v) is 2.33. The number of anilines is 3. The molecule has 5 nitrogen and oxygen atoms in total. The number of ether oxygens (including phenoxy) is 1. The van der Waals surface area contributed by atoms with Gasteiger partial charge in [0.05, 0.1) is 12.8 Å². The van der Waals surface area contributed by atoms with Gasteiger partial charge in [-0.05, 0) is 24.3 Å². The Balaban J connectivity index is 2.27. The van der Waals surface area contributed by atoms with E-state index in [1.807, 2.05) is 0 Å². The van der Waals surface area contributed by atoms with E-state index < -0.39 is 0 Å². The summed E-state index contributed by atoms with van der Waals surface area (Å²) in [5.41, 5.74) is 2.71. The lowest BCUT2D eigenvalue weighted by Gasteiger charge is -2.09. The summed E-state index contributed by atoms with van der Waals surface area (Å²) in [6.07, 6.45) is 0. The van der Waals surface area contributed by atoms with E-state index in [1.54, 1.807) is 30.3 Å². The molecule has 0 aliphatic heterocycles. The minimum Gasteiger partial charge on any atom is -0.497 e. The molecule has 0 fully saturated rings. The molecule has 4 N–H and O–H groups in total. The SMILES string of the molecule is COc1ccc(F)c(Nc2cccc(NN)n2)c1. The highest BCUT2D eigenvalue weighted by atomic mass is 19.1. The largest absolute Gasteiger partial charge is 0.497 e. The summed E-state index contributed by atoms with van der Waals surface area (Å²) in [5.74, 6) is 6.40. The van der Waals surface area contributed by atoms with Gasteiger partial charge in [0, 0.05) is 6.07 Å². The summed E-state index contributed by atoms with van der Waals surface area (Å²) in [4.78, 5) is 4.13. The number of nitrogens with zero attached hydrogens (tertiary/aromatic N) is 1. The van der Waals surface area contributed by atoms with Gasteiger partial charge in [-0.25, -0.2) is 15.2 Å². The van der Waals surface area contributed by atoms with Gasteiger partial charge in [0.1, 0.15) is 23.2 Å². The summed E-state index contributed by atoms with van der Waals surface area (Å²) < 4.78 is 18.6. The van der Waals surface area contributed by atoms with E-state index in [4.69, 9.17) is 10.6 Å². The molecular weight excluding hydrogens is 235 g/mol. The second kappa shape index (κ2) is 5.33. The number of halogens is 1. The lowest BCUT2D eigenvalue weighted by molar-refractivity contribution is 0.414. The van der Waals surface area contributed by atoms with Crippen molar-refractivity contribution in [3.63, 3.8) is 0 Å². The van der Waals surface area contributed by atoms with Gasteiger partial charge in [-0.1, -0.05) is 6.07 Å². The Hall–Kier alpha value is -2.34. The van der Waals surface area contributed by atoms with Gasteiger partial charge in [-0.2, -0.15) is 0 Å². The maximum atomic E-state index is 13.6. The van der Waals surface area contributed by atoms with Crippen LogP contribution >= 0.6 is 0 Å². The number of hydrogen-bond acceptors (Lipinski definition) is 5. The van der Waals surface area contributed by atoms with Crippen molar-refractivity contribution >= 4 is 17.3 Å². The quantitative estimate of drug-likeness (QED) is 0.571. The number of nitrogens with one attached hydrogen (secondary N) is 2. The molecule has 18 heavy (non-hydrogen) atoms. The van der Waals surface area contributed by atoms with Gasteiger partial charge in [0.2, 0.25) is 0 Å². The highest BCUT2D eigenvalue weighted by Gasteiger charge is 2.05. The van der Waals surface area contributed by atoms with Crippen LogP contribution in [0.25, 0.3) is 0 Å². The number of methoxy groups -OCH3 is 1. The summed E-state index contributed by atoms with van der Waals surface area (Å²) in [7, 11) is 1.52. The fourth-order valence-corrected chi connectivity index (χ4v) is 1.45. The Bertz CT molecular complexity index is 547. The molecule has 0 saturated heterocycles. The molecule has 1 heterocycles. The number of benzene rings is 1. The molecule has 1 aromatic heterocycles. The molecule has 0 radical (unpaired) electrons. The van der Waals surface area contributed by atoms with Gasteiger partial charge >= 0.3 is 0 Å². The first kappa shape index (κ1) is 12.1. The average molecular weight is 248 g/mol. The fourth-order valence-electron chi connectivity index (χ4n) is 1.45. The maximum absolute atomic E-state index is 13.6. The molecule has 0 aliphatic carbocycles. The van der Waals surface area contributed by atoms with E-state index in [0.717, 1.165) is 0 Å². The predicted octanol–water partition coefficient (Wildman–Crippen LogP) is 2.26. The maximum Gasteiger partial charge on any atom is 0.146 e. The molecule has 2 aromatic rings. The van der Waals surface area contributed by atoms with E-state index in [-0.39, 0.29) is 11.5 Å². The molecule has 0 bridgehead atoms. The molecule has 0 saturated carbocycles. The molecule has 1 aromatic carbocycles. The van der Waals surface area contributed by atoms with Crippen molar-refractivity contribution in [2.45, 2.75) is 0 Å². The van der Waals surface area contributed by atoms with E-state index in [9.17, 15) is 4.39 Å². The third-order valence-electron chi connectivity index (χ3n) is 2.33. The van der Waals surface area contributed by atoms with Crippen LogP contribution in [0.3, 0.4) is 0 Å². The number of rotatable bonds is 4. The molecule has 94 valence electrons. The van der Waals surface area contributed by atoms with Crippen LogP contribution in [-0.4, -0.2) is 12.1 Å². The van der Waals surface area contributed by atoms with Crippen LogP contribution < -0.4 is 21.3 Å². The molecule has 0 aliphatic rings. The van der Waals surface area contributed by atoms with Crippen molar-refractivity contribution in [2.24, 2.45) is 5.84 Å². The highest BCUT2D eigenvalue weighted by Crippen LogP contribution is 2.24. The van der Waals surface area contributed by atoms with Crippen molar-refractivity contribution in [1.82, 2.24) is 4.98 Å². The Kier molecular flexibility index (Phi) is 3.59. The van der Waals surface area contributed by atoms with Gasteiger partial charge in [-0.15, -0.1) is 0 Å². The summed E-state index contributed by atoms with van der Waals surface area (Å²) >= 11 is 0. The lowest BCUT2D eigenvalue weighted by atomic mass is 10.3. The van der Waals surface area contributed by atoms with Crippen LogP contribution in [0.5, 0.6) is 5.75 Å². The normalized spacial score (nSPS) is 9.94. The highest BCUT2D eigenvalue weighted by molar-refractivity contribution is 5.60. The summed E-state index contributed by atoms with van der Waals surface area (Å²) in [6.45, 7) is 0. The number of aromatic nitrogens is 1. The van der Waals surface area contributed by atoms with E-state index in [1.165, 1.54) is 13.2 Å². The topological polar surface area (TPSA) is 72.2 Å². The Morgan fingerprint density at radius 2 is 2.00 bits per heavy atom. The predicted molar refractivity (Wildman–Crippen MR) is 68.3 cm³/mol. The number of hydrazine groups is 1. The third kappa shape index (κ3) is 2.67. The second-order valence-corrected chi connectivity index (χ2v) is 3.52. The van der Waals surface area contributed by atoms with Crippen molar-refractivity contribution in [1.29, 1.82) is 0 Å². The zero-order chi connectivity index (χ0) is 13.0. The molecule has 2 rings (SSSR count). The molecule has 0 unspecified atom stereocenters. The van der Waals surface area contributed by atoms with E-state index >= 15 is 0 Å². The second-order valence-electron chi connectivity index (χ2n) is 3.52. The molecule has 0 spiro atoms. The van der Waals surface area contributed by atoms with Crippen LogP contribution in [0.4, 0.5) is 21.7 Å². The Labute approximate surface area is 104 Å². The minimum atomic E-state index is -0.385. The van der Waals surface area contributed by atoms with Gasteiger partial charge in [0.25, 0.3) is 0 Å². The summed E-state index contributed by atoms with van der Waals surface area (Å²) in [6, 6.07) is 9.59. The standard InChI is InChI=1S/C12H13FN4O/c1-18-8-5-6-9(13)10(7-8)15-11-3-2-4-12(16-11)17-14/h2-7H,14H2,1H3,(H2,15,16,17). The first-order valence-corrected chi connectivity index (χ1v) is 5.27. The number of nitrogens with two attached hydrogens (primary N) is 1. The van der Waals surface area contributed by atoms with Crippen molar-refractivity contribution in [2.75, 3.05) is 17.9 Å². The zero-order valence-electron chi connectivity index (χ0n) is 9.77. The van der Waals surface area contributed by atoms with E-state index in [2.05, 4.69) is 15.7 Å². The Morgan fingerprint density at radius 3 is 2.72 bits per heavy atom. The number of nitrogen functional groups attached to an aromatic ring is 1. The van der Waals surface area contributed by atoms with Gasteiger partial charge < -0.3 is 15.5 Å². The summed E-state index contributed by atoms with van der Waals surface area (Å²) in [5, 5.41) is 2.86. The van der Waals surface area contributed by atoms with Crippen LogP contribution in [-0.2, 0) is 0 Å². The molecule has 0 atom stereocenters.